The average molecular weight is 469 g/mol. The lowest BCUT2D eigenvalue weighted by Gasteiger charge is -2.28. The van der Waals surface area contributed by atoms with Crippen molar-refractivity contribution in [3.05, 3.63) is 31.6 Å². The van der Waals surface area contributed by atoms with Gasteiger partial charge in [-0.05, 0) is 35.7 Å². The maximum Gasteiger partial charge on any atom is 0.350 e. The second kappa shape index (κ2) is 10.0. The van der Waals surface area contributed by atoms with E-state index in [1.807, 2.05) is 0 Å². The Labute approximate surface area is 188 Å². The highest BCUT2D eigenvalue weighted by Gasteiger charge is 2.27. The fraction of sp³-hybridized carbons (Fsp3) is 0.400. The number of thiophene rings is 2. The van der Waals surface area contributed by atoms with Crippen LogP contribution in [0, 0.1) is 13.8 Å². The van der Waals surface area contributed by atoms with E-state index in [-0.39, 0.29) is 29.4 Å². The van der Waals surface area contributed by atoms with Gasteiger partial charge in [0, 0.05) is 0 Å². The second-order valence-electron chi connectivity index (χ2n) is 7.58. The number of amides is 2. The maximum absolute atomic E-state index is 12.6. The van der Waals surface area contributed by atoms with E-state index in [0.717, 1.165) is 11.1 Å². The Morgan fingerprint density at radius 3 is 1.48 bits per heavy atom. The molecule has 2 N–H and O–H groups in total. The first-order valence-corrected chi connectivity index (χ1v) is 11.0. The molecule has 0 aliphatic heterocycles. The minimum Gasteiger partial charge on any atom is -0.465 e. The average Bonchev–Trinajstić information content (AvgIpc) is 3.22. The number of carbonyl (C=O) groups is 4. The number of methoxy groups -OCH3 is 2. The summed E-state index contributed by atoms with van der Waals surface area (Å²) < 4.78 is 9.56. The second-order valence-corrected chi connectivity index (χ2v) is 9.34. The molecular formula is C20H26N3O6S2+. The van der Waals surface area contributed by atoms with Crippen molar-refractivity contribution in [3.8, 4) is 0 Å². The summed E-state index contributed by atoms with van der Waals surface area (Å²) in [4.78, 5) is 49.6. The van der Waals surface area contributed by atoms with Crippen molar-refractivity contribution in [2.24, 2.45) is 0 Å². The molecule has 0 saturated carbocycles. The van der Waals surface area contributed by atoms with Gasteiger partial charge in [-0.25, -0.2) is 9.59 Å². The molecule has 0 spiro atoms. The third-order valence-corrected chi connectivity index (χ3v) is 6.52. The van der Waals surface area contributed by atoms with Crippen molar-refractivity contribution in [1.29, 1.82) is 0 Å². The van der Waals surface area contributed by atoms with Crippen LogP contribution in [0.1, 0.15) is 30.5 Å². The third-order valence-electron chi connectivity index (χ3n) is 4.36. The van der Waals surface area contributed by atoms with E-state index in [0.29, 0.717) is 21.1 Å². The number of quaternary nitrogens is 1. The van der Waals surface area contributed by atoms with Gasteiger partial charge in [-0.15, -0.1) is 22.7 Å². The van der Waals surface area contributed by atoms with Crippen molar-refractivity contribution in [2.75, 3.05) is 52.0 Å². The minimum atomic E-state index is -0.519. The number of likely N-dealkylation sites (N-methyl/N-ethyl adjacent to an activating group) is 1. The number of anilines is 2. The highest BCUT2D eigenvalue weighted by molar-refractivity contribution is 7.13. The highest BCUT2D eigenvalue weighted by atomic mass is 32.1. The molecule has 9 nitrogen and oxygen atoms in total. The molecule has 0 radical (unpaired) electrons. The molecule has 11 heteroatoms. The molecule has 2 heterocycles. The van der Waals surface area contributed by atoms with E-state index in [4.69, 9.17) is 9.47 Å². The smallest absolute Gasteiger partial charge is 0.350 e. The quantitative estimate of drug-likeness (QED) is 0.455. The molecule has 0 bridgehead atoms. The van der Waals surface area contributed by atoms with Crippen LogP contribution in [0.25, 0.3) is 0 Å². The molecule has 0 atom stereocenters. The van der Waals surface area contributed by atoms with Crippen LogP contribution in [0.4, 0.5) is 11.4 Å². The first kappa shape index (κ1) is 24.5. The molecular weight excluding hydrogens is 442 g/mol. The predicted octanol–water partition coefficient (Wildman–Crippen LogP) is 2.65. The number of hydrogen-bond acceptors (Lipinski definition) is 8. The molecule has 168 valence electrons. The number of aryl methyl sites for hydroxylation is 2. The van der Waals surface area contributed by atoms with E-state index in [1.165, 1.54) is 36.9 Å². The number of nitrogens with zero attached hydrogens (tertiary/aromatic N) is 1. The maximum atomic E-state index is 12.6. The normalized spacial score (nSPS) is 11.0. The molecule has 2 aromatic rings. The first-order chi connectivity index (χ1) is 14.5. The zero-order valence-electron chi connectivity index (χ0n) is 18.3. The van der Waals surface area contributed by atoms with Crippen LogP contribution in [0.5, 0.6) is 0 Å². The molecule has 0 fully saturated rings. The van der Waals surface area contributed by atoms with Crippen LogP contribution >= 0.6 is 22.7 Å². The van der Waals surface area contributed by atoms with Gasteiger partial charge in [-0.1, -0.05) is 0 Å². The van der Waals surface area contributed by atoms with Crippen molar-refractivity contribution in [3.63, 3.8) is 0 Å². The number of rotatable bonds is 8. The van der Waals surface area contributed by atoms with E-state index < -0.39 is 11.9 Å². The molecule has 2 rings (SSSR count). The van der Waals surface area contributed by atoms with Gasteiger partial charge in [0.25, 0.3) is 11.8 Å². The Hall–Kier alpha value is -2.76. The first-order valence-electron chi connectivity index (χ1n) is 9.23. The summed E-state index contributed by atoms with van der Waals surface area (Å²) in [5.74, 6) is -1.72. The third kappa shape index (κ3) is 6.12. The Bertz CT molecular complexity index is 930. The highest BCUT2D eigenvalue weighted by Crippen LogP contribution is 2.29. The zero-order chi connectivity index (χ0) is 23.3. The van der Waals surface area contributed by atoms with Crippen LogP contribution < -0.4 is 10.6 Å². The summed E-state index contributed by atoms with van der Waals surface area (Å²) >= 11 is 2.39. The standard InChI is InChI=1S/C20H25N3O6S2/c1-11-9-30-17(19(26)28-5)15(11)21-13(24)7-23(3,4)8-14(25)22-16-12(2)10-31-18(16)20(27)29-6/h9-10H,7-8H2,1-6H3,(H-,21,22,24,25,26,27)/p+1. The molecule has 2 amide bonds. The van der Waals surface area contributed by atoms with Crippen molar-refractivity contribution < 1.29 is 33.1 Å². The van der Waals surface area contributed by atoms with Gasteiger partial charge in [0.2, 0.25) is 0 Å². The molecule has 0 aromatic carbocycles. The molecule has 0 aliphatic rings. The van der Waals surface area contributed by atoms with Gasteiger partial charge < -0.3 is 24.6 Å². The SMILES string of the molecule is COC(=O)c1scc(C)c1NC(=O)C[N+](C)(C)CC(=O)Nc1c(C)csc1C(=O)OC. The summed E-state index contributed by atoms with van der Waals surface area (Å²) in [7, 11) is 6.04. The Morgan fingerprint density at radius 2 is 1.16 bits per heavy atom. The molecule has 2 aromatic heterocycles. The number of carbonyl (C=O) groups excluding carboxylic acids is 4. The molecule has 0 saturated heterocycles. The zero-order valence-corrected chi connectivity index (χ0v) is 19.9. The summed E-state index contributed by atoms with van der Waals surface area (Å²) in [6, 6.07) is 0. The van der Waals surface area contributed by atoms with Gasteiger partial charge in [-0.2, -0.15) is 0 Å². The molecule has 0 aliphatic carbocycles. The van der Waals surface area contributed by atoms with Gasteiger partial charge >= 0.3 is 11.9 Å². The Kier molecular flexibility index (Phi) is 7.93. The van der Waals surface area contributed by atoms with Crippen LogP contribution in [0.15, 0.2) is 10.8 Å². The Morgan fingerprint density at radius 1 is 0.806 bits per heavy atom. The topological polar surface area (TPSA) is 111 Å². The fourth-order valence-corrected chi connectivity index (χ4v) is 4.72. The molecule has 0 unspecified atom stereocenters. The lowest BCUT2D eigenvalue weighted by Crippen LogP contribution is -2.50. The molecule has 31 heavy (non-hydrogen) atoms. The predicted molar refractivity (Wildman–Crippen MR) is 120 cm³/mol. The van der Waals surface area contributed by atoms with Crippen molar-refractivity contribution in [2.45, 2.75) is 13.8 Å². The lowest BCUT2D eigenvalue weighted by molar-refractivity contribution is -0.874. The lowest BCUT2D eigenvalue weighted by atomic mass is 10.2. The summed E-state index contributed by atoms with van der Waals surface area (Å²) in [6.45, 7) is 3.56. The van der Waals surface area contributed by atoms with Crippen LogP contribution in [-0.4, -0.2) is 69.6 Å². The number of esters is 2. The minimum absolute atomic E-state index is 0.00417. The van der Waals surface area contributed by atoms with Gasteiger partial charge in [0.05, 0.1) is 39.7 Å². The number of hydrogen-bond donors (Lipinski definition) is 2. The summed E-state index contributed by atoms with van der Waals surface area (Å²) in [5.41, 5.74) is 2.35. The van der Waals surface area contributed by atoms with E-state index in [9.17, 15) is 19.2 Å². The van der Waals surface area contributed by atoms with Crippen LogP contribution in [0.2, 0.25) is 0 Å². The van der Waals surface area contributed by atoms with Crippen LogP contribution in [0.3, 0.4) is 0 Å². The monoisotopic (exact) mass is 468 g/mol. The van der Waals surface area contributed by atoms with E-state index in [1.54, 1.807) is 38.7 Å². The fourth-order valence-electron chi connectivity index (χ4n) is 2.88. The van der Waals surface area contributed by atoms with Gasteiger partial charge in [-0.3, -0.25) is 9.59 Å². The number of nitrogens with one attached hydrogen (secondary N) is 2. The summed E-state index contributed by atoms with van der Waals surface area (Å²) in [5, 5.41) is 9.03. The summed E-state index contributed by atoms with van der Waals surface area (Å²) in [6.07, 6.45) is 0. The van der Waals surface area contributed by atoms with E-state index in [2.05, 4.69) is 10.6 Å². The van der Waals surface area contributed by atoms with Gasteiger partial charge in [0.1, 0.15) is 9.75 Å². The Balaban J connectivity index is 2.04. The largest absolute Gasteiger partial charge is 0.465 e. The van der Waals surface area contributed by atoms with Crippen molar-refractivity contribution in [1.82, 2.24) is 0 Å². The van der Waals surface area contributed by atoms with Crippen molar-refractivity contribution >= 4 is 57.8 Å². The number of ether oxygens (including phenoxy) is 2. The van der Waals surface area contributed by atoms with Gasteiger partial charge in [0.15, 0.2) is 13.1 Å². The van der Waals surface area contributed by atoms with Crippen LogP contribution in [-0.2, 0) is 19.1 Å². The van der Waals surface area contributed by atoms with E-state index >= 15 is 0 Å².